The lowest BCUT2D eigenvalue weighted by Gasteiger charge is -2.51. The highest BCUT2D eigenvalue weighted by atomic mass is 19.4. The molecule has 3 aliphatic heterocycles. The lowest BCUT2D eigenvalue weighted by Crippen LogP contribution is -2.64. The number of rotatable bonds is 5. The van der Waals surface area contributed by atoms with E-state index in [9.17, 15) is 22.8 Å². The Morgan fingerprint density at radius 3 is 2.22 bits per heavy atom. The molecule has 0 spiro atoms. The predicted molar refractivity (Wildman–Crippen MR) is 127 cm³/mol. The summed E-state index contributed by atoms with van der Waals surface area (Å²) in [5.74, 6) is -0.395. The van der Waals surface area contributed by atoms with Crippen LogP contribution in [-0.2, 0) is 33.6 Å². The minimum absolute atomic E-state index is 0.0268. The van der Waals surface area contributed by atoms with E-state index in [-0.39, 0.29) is 18.6 Å². The molecule has 3 aliphatic rings. The van der Waals surface area contributed by atoms with Crippen LogP contribution < -0.4 is 0 Å². The van der Waals surface area contributed by atoms with Crippen molar-refractivity contribution in [3.63, 3.8) is 0 Å². The fraction of sp³-hybridized carbons (Fsp3) is 0.214. The minimum Gasteiger partial charge on any atom is -0.444 e. The average molecular weight is 508 g/mol. The summed E-state index contributed by atoms with van der Waals surface area (Å²) in [6.45, 7) is -0.0363. The van der Waals surface area contributed by atoms with Crippen LogP contribution in [0.15, 0.2) is 97.1 Å². The van der Waals surface area contributed by atoms with Gasteiger partial charge >= 0.3 is 12.3 Å². The molecule has 37 heavy (non-hydrogen) atoms. The standard InChI is InChI=1S/C28H23F3N2O4/c29-28(30,31)22-13-7-12-21(17-22)26-23-14-15-24(32(26)27(35)36-18-20-10-5-2-6-11-20)33(37-23)25(34)16-19-8-3-1-4-9-19/h1-15,17,23-24,26H,16,18H2/t23-,24+,26-/m1/s1. The molecule has 2 bridgehead atoms. The molecule has 1 fully saturated rings. The Morgan fingerprint density at radius 1 is 0.865 bits per heavy atom. The summed E-state index contributed by atoms with van der Waals surface area (Å²) in [6.07, 6.45) is -3.91. The van der Waals surface area contributed by atoms with Crippen LogP contribution in [0, 0.1) is 0 Å². The number of halogens is 3. The van der Waals surface area contributed by atoms with Gasteiger partial charge in [-0.2, -0.15) is 18.2 Å². The number of hydrogen-bond donors (Lipinski definition) is 0. The first-order chi connectivity index (χ1) is 17.8. The largest absolute Gasteiger partial charge is 0.444 e. The molecule has 1 saturated heterocycles. The molecule has 6 rings (SSSR count). The van der Waals surface area contributed by atoms with Gasteiger partial charge in [-0.05, 0) is 34.9 Å². The van der Waals surface area contributed by atoms with Gasteiger partial charge in [-0.15, -0.1) is 0 Å². The SMILES string of the molecule is O=C(Cc1ccccc1)N1O[C@@H]2C=C[C@H]1N(C(=O)OCc1ccccc1)[C@@H]2c1cccc(C(F)(F)F)c1. The van der Waals surface area contributed by atoms with Crippen LogP contribution in [0.1, 0.15) is 28.3 Å². The molecule has 9 heteroatoms. The molecule has 0 radical (unpaired) electrons. The van der Waals surface area contributed by atoms with Crippen molar-refractivity contribution in [1.82, 2.24) is 9.96 Å². The van der Waals surface area contributed by atoms with Crippen molar-refractivity contribution in [1.29, 1.82) is 0 Å². The Labute approximate surface area is 211 Å². The number of carbonyl (C=O) groups excluding carboxylic acids is 2. The molecule has 6 nitrogen and oxygen atoms in total. The molecular weight excluding hydrogens is 485 g/mol. The van der Waals surface area contributed by atoms with Gasteiger partial charge in [-0.1, -0.05) is 78.9 Å². The topological polar surface area (TPSA) is 59.1 Å². The first-order valence-electron chi connectivity index (χ1n) is 11.7. The third-order valence-electron chi connectivity index (χ3n) is 6.26. The zero-order valence-electron chi connectivity index (χ0n) is 19.5. The maximum atomic E-state index is 13.5. The Balaban J connectivity index is 1.45. The van der Waals surface area contributed by atoms with E-state index in [2.05, 4.69) is 0 Å². The molecule has 3 aromatic carbocycles. The molecule has 3 atom stereocenters. The number of carbonyl (C=O) groups is 2. The Bertz CT molecular complexity index is 1300. The van der Waals surface area contributed by atoms with Gasteiger partial charge in [0.1, 0.15) is 12.7 Å². The first kappa shape index (κ1) is 24.6. The molecule has 0 N–H and O–H groups in total. The van der Waals surface area contributed by atoms with Crippen LogP contribution in [0.5, 0.6) is 0 Å². The zero-order valence-corrected chi connectivity index (χ0v) is 19.5. The van der Waals surface area contributed by atoms with Crippen molar-refractivity contribution < 1.29 is 32.3 Å². The van der Waals surface area contributed by atoms with Crippen molar-refractivity contribution in [2.24, 2.45) is 0 Å². The Hall–Kier alpha value is -4.11. The van der Waals surface area contributed by atoms with Gasteiger partial charge in [-0.3, -0.25) is 14.5 Å². The van der Waals surface area contributed by atoms with Crippen LogP contribution in [0.25, 0.3) is 0 Å². The second-order valence-electron chi connectivity index (χ2n) is 8.77. The van der Waals surface area contributed by atoms with Crippen molar-refractivity contribution in [3.8, 4) is 0 Å². The number of nitrogens with zero attached hydrogens (tertiary/aromatic N) is 2. The fourth-order valence-corrected chi connectivity index (χ4v) is 4.53. The minimum atomic E-state index is -4.56. The van der Waals surface area contributed by atoms with E-state index >= 15 is 0 Å². The quantitative estimate of drug-likeness (QED) is 0.417. The molecule has 0 aromatic heterocycles. The van der Waals surface area contributed by atoms with Gasteiger partial charge in [0.2, 0.25) is 0 Å². The second-order valence-corrected chi connectivity index (χ2v) is 8.77. The van der Waals surface area contributed by atoms with Crippen molar-refractivity contribution in [2.45, 2.75) is 37.5 Å². The number of hydrogen-bond acceptors (Lipinski definition) is 4. The molecule has 3 heterocycles. The van der Waals surface area contributed by atoms with Gasteiger partial charge in [0.15, 0.2) is 6.17 Å². The number of hydroxylamine groups is 2. The van der Waals surface area contributed by atoms with Gasteiger partial charge < -0.3 is 4.74 Å². The zero-order chi connectivity index (χ0) is 26.0. The van der Waals surface area contributed by atoms with E-state index in [4.69, 9.17) is 9.57 Å². The predicted octanol–water partition coefficient (Wildman–Crippen LogP) is 5.67. The van der Waals surface area contributed by atoms with E-state index < -0.39 is 42.1 Å². The molecule has 190 valence electrons. The van der Waals surface area contributed by atoms with Crippen LogP contribution in [0.4, 0.5) is 18.0 Å². The lowest BCUT2D eigenvalue weighted by molar-refractivity contribution is -0.272. The van der Waals surface area contributed by atoms with E-state index in [1.54, 1.807) is 48.6 Å². The van der Waals surface area contributed by atoms with Crippen LogP contribution in [0.3, 0.4) is 0 Å². The number of alkyl halides is 3. The average Bonchev–Trinajstić information content (AvgIpc) is 2.92. The molecule has 2 amide bonds. The number of benzene rings is 3. The summed E-state index contributed by atoms with van der Waals surface area (Å²) in [5.41, 5.74) is 0.887. The molecule has 3 aromatic rings. The Morgan fingerprint density at radius 2 is 1.54 bits per heavy atom. The monoisotopic (exact) mass is 508 g/mol. The normalized spacial score (nSPS) is 20.7. The van der Waals surface area contributed by atoms with Gasteiger partial charge in [0, 0.05) is 0 Å². The van der Waals surface area contributed by atoms with Crippen LogP contribution >= 0.6 is 0 Å². The number of amides is 2. The van der Waals surface area contributed by atoms with E-state index in [1.165, 1.54) is 17.0 Å². The summed E-state index contributed by atoms with van der Waals surface area (Å²) in [4.78, 5) is 33.8. The Kier molecular flexibility index (Phi) is 6.71. The summed E-state index contributed by atoms with van der Waals surface area (Å²) >= 11 is 0. The highest BCUT2D eigenvalue weighted by Gasteiger charge is 2.50. The van der Waals surface area contributed by atoms with E-state index in [0.29, 0.717) is 0 Å². The van der Waals surface area contributed by atoms with Crippen molar-refractivity contribution >= 4 is 12.0 Å². The number of ether oxygens (including phenoxy) is 1. The number of fused-ring (bicyclic) bond motifs is 2. The smallest absolute Gasteiger partial charge is 0.416 e. The van der Waals surface area contributed by atoms with Crippen LogP contribution in [0.2, 0.25) is 0 Å². The highest BCUT2D eigenvalue weighted by Crippen LogP contribution is 2.41. The van der Waals surface area contributed by atoms with Gasteiger partial charge in [-0.25, -0.2) is 4.79 Å². The summed E-state index contributed by atoms with van der Waals surface area (Å²) in [7, 11) is 0. The first-order valence-corrected chi connectivity index (χ1v) is 11.7. The van der Waals surface area contributed by atoms with E-state index in [0.717, 1.165) is 28.3 Å². The van der Waals surface area contributed by atoms with Crippen LogP contribution in [-0.4, -0.2) is 34.2 Å². The van der Waals surface area contributed by atoms with Gasteiger partial charge in [0.05, 0.1) is 18.0 Å². The fourth-order valence-electron chi connectivity index (χ4n) is 4.53. The lowest BCUT2D eigenvalue weighted by atomic mass is 9.93. The van der Waals surface area contributed by atoms with E-state index in [1.807, 2.05) is 24.3 Å². The molecule has 0 aliphatic carbocycles. The summed E-state index contributed by atoms with van der Waals surface area (Å²) < 4.78 is 45.9. The third kappa shape index (κ3) is 5.22. The summed E-state index contributed by atoms with van der Waals surface area (Å²) in [6, 6.07) is 21.9. The highest BCUT2D eigenvalue weighted by molar-refractivity contribution is 5.80. The maximum absolute atomic E-state index is 13.5. The molecule has 0 unspecified atom stereocenters. The van der Waals surface area contributed by atoms with Crippen molar-refractivity contribution in [2.75, 3.05) is 0 Å². The molecule has 0 saturated carbocycles. The summed E-state index contributed by atoms with van der Waals surface area (Å²) in [5, 5.41) is 1.10. The molecular formula is C28H23F3N2O4. The van der Waals surface area contributed by atoms with Crippen molar-refractivity contribution in [3.05, 3.63) is 119 Å². The second kappa shape index (κ2) is 10.1. The van der Waals surface area contributed by atoms with Gasteiger partial charge in [0.25, 0.3) is 5.91 Å². The maximum Gasteiger partial charge on any atom is 0.416 e. The third-order valence-corrected chi connectivity index (χ3v) is 6.26.